The van der Waals surface area contributed by atoms with E-state index in [0.29, 0.717) is 0 Å². The van der Waals surface area contributed by atoms with Gasteiger partial charge < -0.3 is 0 Å². The molecule has 0 heterocycles. The molecule has 0 spiro atoms. The molecule has 0 saturated carbocycles. The van der Waals surface area contributed by atoms with E-state index in [4.69, 9.17) is 0 Å². The first-order chi connectivity index (χ1) is 14.9. The molecule has 0 atom stereocenters. The van der Waals surface area contributed by atoms with Crippen molar-refractivity contribution >= 4 is 54.1 Å². The number of hydrogen-bond donors (Lipinski definition) is 0. The molecule has 2 nitrogen and oxygen atoms in total. The van der Waals surface area contributed by atoms with Crippen LogP contribution in [0.3, 0.4) is 0 Å². The molecule has 4 aromatic carbocycles. The summed E-state index contributed by atoms with van der Waals surface area (Å²) >= 11 is -0.580. The molecule has 4 rings (SSSR count). The van der Waals surface area contributed by atoms with Crippen molar-refractivity contribution in [2.45, 2.75) is 10.5 Å². The van der Waals surface area contributed by atoms with Crippen molar-refractivity contribution in [3.05, 3.63) is 121 Å². The van der Waals surface area contributed by atoms with E-state index >= 15 is 0 Å². The van der Waals surface area contributed by atoms with Gasteiger partial charge in [0, 0.05) is 0 Å². The van der Waals surface area contributed by atoms with Gasteiger partial charge in [-0.1, -0.05) is 0 Å². The normalized spacial score (nSPS) is 10.5. The molecule has 4 aromatic rings. The Labute approximate surface area is 192 Å². The number of rotatable bonds is 9. The molecule has 0 aliphatic heterocycles. The summed E-state index contributed by atoms with van der Waals surface area (Å²) in [7, 11) is 0. The van der Waals surface area contributed by atoms with Crippen molar-refractivity contribution in [1.29, 1.82) is 0 Å². The molecule has 0 amide bonds. The standard InChI is InChI=1S/C26H24Ge2N2/c1-5-13-23(14-6-1)29(24-15-7-2-8-16-24)27-21-22-28-30(25-17-9-3-10-18-25)26-19-11-4-12-20-26/h1-20H,21-22H2. The van der Waals surface area contributed by atoms with Gasteiger partial charge in [-0.3, -0.25) is 0 Å². The van der Waals surface area contributed by atoms with E-state index in [1.54, 1.807) is 0 Å². The van der Waals surface area contributed by atoms with E-state index in [2.05, 4.69) is 129 Å². The molecule has 0 aliphatic carbocycles. The van der Waals surface area contributed by atoms with Gasteiger partial charge in [0.1, 0.15) is 0 Å². The topological polar surface area (TPSA) is 6.48 Å². The molecular formula is C26H24Ge2N2. The van der Waals surface area contributed by atoms with Gasteiger partial charge in [0.25, 0.3) is 0 Å². The molecular weight excluding hydrogens is 486 g/mol. The summed E-state index contributed by atoms with van der Waals surface area (Å²) in [5.41, 5.74) is 5.25. The van der Waals surface area contributed by atoms with Crippen molar-refractivity contribution in [2.24, 2.45) is 0 Å². The van der Waals surface area contributed by atoms with Gasteiger partial charge >= 0.3 is 194 Å². The maximum atomic E-state index is 2.56. The van der Waals surface area contributed by atoms with Crippen LogP contribution in [0.1, 0.15) is 0 Å². The van der Waals surface area contributed by atoms with E-state index in [1.165, 1.54) is 33.3 Å². The molecule has 30 heavy (non-hydrogen) atoms. The average molecular weight is 510 g/mol. The summed E-state index contributed by atoms with van der Waals surface area (Å²) in [6.07, 6.45) is 0. The van der Waals surface area contributed by atoms with Crippen LogP contribution in [0, 0.1) is 0 Å². The zero-order valence-corrected chi connectivity index (χ0v) is 21.1. The van der Waals surface area contributed by atoms with Crippen LogP contribution < -0.4 is 7.71 Å². The molecule has 0 bridgehead atoms. The van der Waals surface area contributed by atoms with Crippen LogP contribution in [0.2, 0.25) is 10.5 Å². The summed E-state index contributed by atoms with van der Waals surface area (Å²) in [6.45, 7) is 0. The zero-order chi connectivity index (χ0) is 20.4. The summed E-state index contributed by atoms with van der Waals surface area (Å²) in [5.74, 6) is 0. The van der Waals surface area contributed by atoms with Crippen LogP contribution in [0.25, 0.3) is 0 Å². The number of nitrogens with zero attached hydrogens (tertiary/aromatic N) is 2. The predicted octanol–water partition coefficient (Wildman–Crippen LogP) is 6.74. The van der Waals surface area contributed by atoms with E-state index in [-0.39, 0.29) is 31.3 Å². The Bertz CT molecular complexity index is 832. The van der Waals surface area contributed by atoms with Gasteiger partial charge in [-0.25, -0.2) is 0 Å². The molecule has 0 fully saturated rings. The summed E-state index contributed by atoms with van der Waals surface area (Å²) in [5, 5.41) is 2.58. The monoisotopic (exact) mass is 512 g/mol. The van der Waals surface area contributed by atoms with Crippen molar-refractivity contribution in [3.8, 4) is 0 Å². The second-order valence-corrected chi connectivity index (χ2v) is 12.1. The van der Waals surface area contributed by atoms with E-state index < -0.39 is 0 Å². The van der Waals surface area contributed by atoms with Crippen LogP contribution in [-0.2, 0) is 0 Å². The Balaban J connectivity index is 1.45. The van der Waals surface area contributed by atoms with Gasteiger partial charge in [-0.2, -0.15) is 0 Å². The minimum atomic E-state index is -0.290. The molecule has 0 aliphatic rings. The predicted molar refractivity (Wildman–Crippen MR) is 131 cm³/mol. The Hall–Kier alpha value is -2.43. The number of hydrogen-bond acceptors (Lipinski definition) is 2. The van der Waals surface area contributed by atoms with Crippen molar-refractivity contribution in [1.82, 2.24) is 0 Å². The van der Waals surface area contributed by atoms with Crippen LogP contribution in [0.5, 0.6) is 0 Å². The number of benzene rings is 4. The Kier molecular flexibility index (Phi) is 7.70. The summed E-state index contributed by atoms with van der Waals surface area (Å²) < 4.78 is 5.11. The fourth-order valence-corrected chi connectivity index (χ4v) is 9.94. The third kappa shape index (κ3) is 5.58. The third-order valence-electron chi connectivity index (χ3n) is 4.72. The van der Waals surface area contributed by atoms with Crippen LogP contribution in [0.4, 0.5) is 22.7 Å². The van der Waals surface area contributed by atoms with Gasteiger partial charge in [0.05, 0.1) is 0 Å². The van der Waals surface area contributed by atoms with Crippen LogP contribution in [0.15, 0.2) is 121 Å². The Morgan fingerprint density at radius 3 is 0.833 bits per heavy atom. The first-order valence-corrected chi connectivity index (χ1v) is 15.0. The van der Waals surface area contributed by atoms with Gasteiger partial charge in [-0.15, -0.1) is 0 Å². The number of anilines is 4. The summed E-state index contributed by atoms with van der Waals surface area (Å²) in [4.78, 5) is 0. The molecule has 0 unspecified atom stereocenters. The number of para-hydroxylation sites is 4. The second-order valence-electron chi connectivity index (χ2n) is 6.83. The van der Waals surface area contributed by atoms with Crippen molar-refractivity contribution in [2.75, 3.05) is 7.71 Å². The SMILES string of the molecule is c1ccc([N]([Ge][CH2][CH2][Ge][N](c2ccccc2)c2ccccc2)c2ccccc2)cc1. The fraction of sp³-hybridized carbons (Fsp3) is 0.0769. The van der Waals surface area contributed by atoms with Crippen molar-refractivity contribution < 1.29 is 0 Å². The molecule has 0 saturated heterocycles. The third-order valence-corrected chi connectivity index (χ3v) is 12.4. The van der Waals surface area contributed by atoms with E-state index in [0.717, 1.165) is 0 Å². The van der Waals surface area contributed by atoms with E-state index in [1.807, 2.05) is 0 Å². The van der Waals surface area contributed by atoms with Crippen molar-refractivity contribution in [3.63, 3.8) is 0 Å². The first-order valence-electron chi connectivity index (χ1n) is 10.2. The summed E-state index contributed by atoms with van der Waals surface area (Å²) in [6, 6.07) is 43.3. The molecule has 4 heteroatoms. The molecule has 146 valence electrons. The van der Waals surface area contributed by atoms with Crippen LogP contribution in [-0.4, -0.2) is 31.3 Å². The maximum absolute atomic E-state index is 2.56. The Morgan fingerprint density at radius 1 is 0.367 bits per heavy atom. The van der Waals surface area contributed by atoms with E-state index in [9.17, 15) is 0 Å². The fourth-order valence-electron chi connectivity index (χ4n) is 3.31. The van der Waals surface area contributed by atoms with Gasteiger partial charge in [-0.05, 0) is 0 Å². The molecule has 0 aromatic heterocycles. The molecule has 0 N–H and O–H groups in total. The van der Waals surface area contributed by atoms with Gasteiger partial charge in [0.2, 0.25) is 0 Å². The average Bonchev–Trinajstić information content (AvgIpc) is 2.84. The van der Waals surface area contributed by atoms with Gasteiger partial charge in [0.15, 0.2) is 0 Å². The Morgan fingerprint density at radius 2 is 0.600 bits per heavy atom. The first kappa shape index (κ1) is 20.8. The zero-order valence-electron chi connectivity index (χ0n) is 16.9. The van der Waals surface area contributed by atoms with Crippen LogP contribution >= 0.6 is 0 Å². The molecule has 4 radical (unpaired) electrons. The second kappa shape index (κ2) is 11.1. The minimum absolute atomic E-state index is 0.290. The quantitative estimate of drug-likeness (QED) is 0.182.